The van der Waals surface area contributed by atoms with E-state index in [9.17, 15) is 4.79 Å². The van der Waals surface area contributed by atoms with Gasteiger partial charge in [-0.05, 0) is 42.0 Å². The molecule has 0 bridgehead atoms. The fraction of sp³-hybridized carbons (Fsp3) is 0.0588. The quantitative estimate of drug-likeness (QED) is 0.483. The number of carbonyl (C=O) groups is 1. The molecule has 2 aromatic rings. The van der Waals surface area contributed by atoms with E-state index in [0.29, 0.717) is 30.0 Å². The molecule has 1 aliphatic heterocycles. The van der Waals surface area contributed by atoms with E-state index in [-0.39, 0.29) is 12.6 Å². The number of thioether (sulfide) groups is 1. The molecule has 1 saturated heterocycles. The van der Waals surface area contributed by atoms with Crippen LogP contribution >= 0.6 is 58.8 Å². The van der Waals surface area contributed by atoms with Crippen LogP contribution in [0.5, 0.6) is 0 Å². The minimum Gasteiger partial charge on any atom is -0.366 e. The summed E-state index contributed by atoms with van der Waals surface area (Å²) in [6.07, 6.45) is 1.78. The molecule has 1 heterocycles. The van der Waals surface area contributed by atoms with Gasteiger partial charge in [0.05, 0.1) is 22.3 Å². The van der Waals surface area contributed by atoms with Crippen LogP contribution < -0.4 is 5.32 Å². The molecule has 128 valence electrons. The lowest BCUT2D eigenvalue weighted by Crippen LogP contribution is -2.33. The molecular weight excluding hydrogens is 419 g/mol. The average molecular weight is 430 g/mol. The molecule has 8 heteroatoms. The van der Waals surface area contributed by atoms with Gasteiger partial charge in [0.15, 0.2) is 0 Å². The van der Waals surface area contributed by atoms with Gasteiger partial charge in [0, 0.05) is 10.0 Å². The van der Waals surface area contributed by atoms with Gasteiger partial charge in [0.1, 0.15) is 4.32 Å². The molecule has 0 atom stereocenters. The van der Waals surface area contributed by atoms with Gasteiger partial charge < -0.3 is 5.32 Å². The van der Waals surface area contributed by atoms with Crippen molar-refractivity contribution in [1.82, 2.24) is 4.90 Å². The number of hydrogen-bond acceptors (Lipinski definition) is 4. The monoisotopic (exact) mass is 428 g/mol. The molecule has 2 aromatic carbocycles. The first kappa shape index (κ1) is 18.5. The molecule has 0 saturated carbocycles. The van der Waals surface area contributed by atoms with Gasteiger partial charge in [-0.1, -0.05) is 70.9 Å². The van der Waals surface area contributed by atoms with Crippen LogP contribution in [0.25, 0.3) is 6.08 Å². The van der Waals surface area contributed by atoms with Crippen LogP contribution in [-0.4, -0.2) is 21.8 Å². The predicted molar refractivity (Wildman–Crippen MR) is 111 cm³/mol. The summed E-state index contributed by atoms with van der Waals surface area (Å²) in [5, 5.41) is 4.77. The molecule has 0 unspecified atom stereocenters. The van der Waals surface area contributed by atoms with Gasteiger partial charge in [-0.25, -0.2) is 0 Å². The van der Waals surface area contributed by atoms with Gasteiger partial charge in [0.2, 0.25) is 0 Å². The maximum atomic E-state index is 12.6. The Morgan fingerprint density at radius 3 is 2.64 bits per heavy atom. The van der Waals surface area contributed by atoms with Crippen LogP contribution in [-0.2, 0) is 4.79 Å². The average Bonchev–Trinajstić information content (AvgIpc) is 2.82. The van der Waals surface area contributed by atoms with Crippen LogP contribution in [0, 0.1) is 0 Å². The summed E-state index contributed by atoms with van der Waals surface area (Å²) in [4.78, 5) is 14.6. The van der Waals surface area contributed by atoms with Crippen molar-refractivity contribution in [2.24, 2.45) is 0 Å². The number of nitrogens with zero attached hydrogens (tertiary/aromatic N) is 1. The Hall–Kier alpha value is -1.24. The number of halogens is 3. The number of amides is 1. The summed E-state index contributed by atoms with van der Waals surface area (Å²) < 4.78 is 0.476. The smallest absolute Gasteiger partial charge is 0.267 e. The number of rotatable bonds is 4. The highest BCUT2D eigenvalue weighted by atomic mass is 35.5. The second-order valence-electron chi connectivity index (χ2n) is 5.12. The van der Waals surface area contributed by atoms with E-state index < -0.39 is 0 Å². The SMILES string of the molecule is O=C1C(=Cc2cccc(Cl)c2)SC(=S)N1CNc1cc(Cl)ccc1Cl. The van der Waals surface area contributed by atoms with Crippen molar-refractivity contribution in [1.29, 1.82) is 0 Å². The van der Waals surface area contributed by atoms with Gasteiger partial charge >= 0.3 is 0 Å². The third-order valence-corrected chi connectivity index (χ3v) is 5.55. The van der Waals surface area contributed by atoms with Crippen molar-refractivity contribution in [2.45, 2.75) is 0 Å². The molecule has 1 fully saturated rings. The third-order valence-electron chi connectivity index (χ3n) is 3.38. The van der Waals surface area contributed by atoms with Gasteiger partial charge in [-0.2, -0.15) is 0 Å². The highest BCUT2D eigenvalue weighted by molar-refractivity contribution is 8.26. The summed E-state index contributed by atoms with van der Waals surface area (Å²) in [5.41, 5.74) is 1.49. The molecule has 3 rings (SSSR count). The molecular formula is C17H11Cl3N2OS2. The van der Waals surface area contributed by atoms with E-state index in [2.05, 4.69) is 5.32 Å². The summed E-state index contributed by atoms with van der Waals surface area (Å²) >= 11 is 24.6. The van der Waals surface area contributed by atoms with Crippen LogP contribution in [0.2, 0.25) is 15.1 Å². The topological polar surface area (TPSA) is 32.3 Å². The van der Waals surface area contributed by atoms with E-state index in [1.54, 1.807) is 36.4 Å². The number of anilines is 1. The number of nitrogens with one attached hydrogen (secondary N) is 1. The van der Waals surface area contributed by atoms with E-state index in [1.165, 1.54) is 16.7 Å². The zero-order chi connectivity index (χ0) is 18.0. The van der Waals surface area contributed by atoms with Gasteiger partial charge in [0.25, 0.3) is 5.91 Å². The van der Waals surface area contributed by atoms with Crippen molar-refractivity contribution >= 4 is 80.8 Å². The van der Waals surface area contributed by atoms with Crippen molar-refractivity contribution in [3.8, 4) is 0 Å². The Bertz CT molecular complexity index is 886. The Morgan fingerprint density at radius 1 is 1.12 bits per heavy atom. The lowest BCUT2D eigenvalue weighted by molar-refractivity contribution is -0.121. The molecule has 0 spiro atoms. The first-order valence-electron chi connectivity index (χ1n) is 7.14. The number of carbonyl (C=O) groups excluding carboxylic acids is 1. The van der Waals surface area contributed by atoms with E-state index in [1.807, 2.05) is 12.1 Å². The van der Waals surface area contributed by atoms with E-state index >= 15 is 0 Å². The first-order chi connectivity index (χ1) is 11.9. The second kappa shape index (κ2) is 7.98. The van der Waals surface area contributed by atoms with Gasteiger partial charge in [-0.3, -0.25) is 9.69 Å². The minimum absolute atomic E-state index is 0.166. The van der Waals surface area contributed by atoms with E-state index in [0.717, 1.165) is 5.56 Å². The number of benzene rings is 2. The summed E-state index contributed by atoms with van der Waals surface area (Å²) in [6.45, 7) is 0.206. The third kappa shape index (κ3) is 4.49. The minimum atomic E-state index is -0.166. The number of thiocarbonyl (C=S) groups is 1. The summed E-state index contributed by atoms with van der Waals surface area (Å²) in [7, 11) is 0. The molecule has 1 N–H and O–H groups in total. The zero-order valence-electron chi connectivity index (χ0n) is 12.6. The fourth-order valence-corrected chi connectivity index (χ4v) is 3.99. The van der Waals surface area contributed by atoms with Crippen molar-refractivity contribution in [2.75, 3.05) is 12.0 Å². The molecule has 3 nitrogen and oxygen atoms in total. The van der Waals surface area contributed by atoms with Crippen molar-refractivity contribution in [3.05, 3.63) is 68.0 Å². The maximum absolute atomic E-state index is 12.6. The molecule has 0 radical (unpaired) electrons. The highest BCUT2D eigenvalue weighted by Crippen LogP contribution is 2.33. The maximum Gasteiger partial charge on any atom is 0.267 e. The van der Waals surface area contributed by atoms with Crippen LogP contribution in [0.15, 0.2) is 47.4 Å². The number of hydrogen-bond donors (Lipinski definition) is 1. The zero-order valence-corrected chi connectivity index (χ0v) is 16.5. The van der Waals surface area contributed by atoms with Crippen LogP contribution in [0.4, 0.5) is 5.69 Å². The Morgan fingerprint density at radius 2 is 1.88 bits per heavy atom. The van der Waals surface area contributed by atoms with Gasteiger partial charge in [-0.15, -0.1) is 0 Å². The summed E-state index contributed by atoms with van der Waals surface area (Å²) in [5.74, 6) is -0.166. The molecule has 0 aromatic heterocycles. The molecule has 0 aliphatic carbocycles. The molecule has 1 aliphatic rings. The second-order valence-corrected chi connectivity index (χ2v) is 8.08. The highest BCUT2D eigenvalue weighted by Gasteiger charge is 2.31. The largest absolute Gasteiger partial charge is 0.366 e. The molecule has 1 amide bonds. The first-order valence-corrected chi connectivity index (χ1v) is 9.50. The predicted octanol–water partition coefficient (Wildman–Crippen LogP) is 5.92. The van der Waals surface area contributed by atoms with Crippen molar-refractivity contribution < 1.29 is 4.79 Å². The molecule has 25 heavy (non-hydrogen) atoms. The lowest BCUT2D eigenvalue weighted by atomic mass is 10.2. The standard InChI is InChI=1S/C17H11Cl3N2OS2/c18-11-3-1-2-10(6-11)7-15-16(23)22(17(24)25-15)9-21-14-8-12(19)4-5-13(14)20/h1-8,21H,9H2. The fourth-order valence-electron chi connectivity index (χ4n) is 2.18. The van der Waals surface area contributed by atoms with E-state index in [4.69, 9.17) is 47.0 Å². The lowest BCUT2D eigenvalue weighted by Gasteiger charge is -2.17. The Balaban J connectivity index is 1.74. The van der Waals surface area contributed by atoms with Crippen LogP contribution in [0.1, 0.15) is 5.56 Å². The normalized spacial score (nSPS) is 16.0. The van der Waals surface area contributed by atoms with Crippen molar-refractivity contribution in [3.63, 3.8) is 0 Å². The Labute approximate surface area is 169 Å². The summed E-state index contributed by atoms with van der Waals surface area (Å²) in [6, 6.07) is 12.4. The van der Waals surface area contributed by atoms with Crippen LogP contribution in [0.3, 0.4) is 0 Å². The Kier molecular flexibility index (Phi) is 5.92.